The lowest BCUT2D eigenvalue weighted by Gasteiger charge is -2.29. The van der Waals surface area contributed by atoms with Crippen LogP contribution in [0, 0.1) is 17.8 Å². The van der Waals surface area contributed by atoms with E-state index in [1.807, 2.05) is 0 Å². The van der Waals surface area contributed by atoms with Gasteiger partial charge in [0.2, 0.25) is 5.70 Å². The molecule has 1 aromatic heterocycles. The third-order valence-corrected chi connectivity index (χ3v) is 7.52. The van der Waals surface area contributed by atoms with Crippen molar-refractivity contribution in [2.45, 2.75) is 58.5 Å². The number of allylic oxidation sites excluding steroid dienone is 1. The van der Waals surface area contributed by atoms with Crippen LogP contribution in [0.2, 0.25) is 0 Å². The fourth-order valence-electron chi connectivity index (χ4n) is 5.66. The first-order valence-electron chi connectivity index (χ1n) is 11.8. The molecule has 2 aliphatic carbocycles. The molecule has 2 fully saturated rings. The third-order valence-electron chi connectivity index (χ3n) is 7.52. The monoisotopic (exact) mass is 467 g/mol. The molecule has 0 radical (unpaired) electrons. The van der Waals surface area contributed by atoms with Crippen LogP contribution in [-0.2, 0) is 4.74 Å². The van der Waals surface area contributed by atoms with Crippen LogP contribution in [-0.4, -0.2) is 65.4 Å². The number of alkyl halides is 3. The molecule has 9 heteroatoms. The van der Waals surface area contributed by atoms with E-state index >= 15 is 0 Å². The Morgan fingerprint density at radius 1 is 1.27 bits per heavy atom. The van der Waals surface area contributed by atoms with Gasteiger partial charge in [-0.15, -0.1) is 13.2 Å². The molecule has 0 bridgehead atoms. The molecule has 33 heavy (non-hydrogen) atoms. The minimum Gasteiger partial charge on any atom is -0.402 e. The van der Waals surface area contributed by atoms with Gasteiger partial charge in [-0.05, 0) is 44.2 Å². The minimum atomic E-state index is -4.81. The number of nitrogen functional groups attached to an aromatic ring is 1. The summed E-state index contributed by atoms with van der Waals surface area (Å²) in [6, 6.07) is 2.20. The number of fused-ring (bicyclic) bond motifs is 1. The van der Waals surface area contributed by atoms with Crippen LogP contribution >= 0.6 is 0 Å². The van der Waals surface area contributed by atoms with Gasteiger partial charge in [0.1, 0.15) is 0 Å². The molecule has 0 aromatic carbocycles. The van der Waals surface area contributed by atoms with E-state index in [0.29, 0.717) is 29.4 Å². The first kappa shape index (κ1) is 24.0. The smallest absolute Gasteiger partial charge is 0.402 e. The first-order chi connectivity index (χ1) is 15.7. The molecule has 3 atom stereocenters. The number of methoxy groups -OCH3 is 1. The summed E-state index contributed by atoms with van der Waals surface area (Å²) in [7, 11) is 1.74. The average molecular weight is 468 g/mol. The normalized spacial score (nSPS) is 27.3. The van der Waals surface area contributed by atoms with Crippen molar-refractivity contribution in [2.24, 2.45) is 17.8 Å². The molecule has 1 aliphatic heterocycles. The van der Waals surface area contributed by atoms with E-state index in [1.165, 1.54) is 30.8 Å². The number of ether oxygens (including phenoxy) is 2. The Bertz CT molecular complexity index is 934. The molecule has 3 unspecified atom stereocenters. The number of hydrogen-bond donors (Lipinski definition) is 1. The minimum absolute atomic E-state index is 0.246. The number of nitrogens with zero attached hydrogens (tertiary/aromatic N) is 3. The van der Waals surface area contributed by atoms with Gasteiger partial charge in [0.25, 0.3) is 0 Å². The highest BCUT2D eigenvalue weighted by Crippen LogP contribution is 2.60. The van der Waals surface area contributed by atoms with Gasteiger partial charge in [0.15, 0.2) is 23.3 Å². The van der Waals surface area contributed by atoms with Crippen molar-refractivity contribution in [3.8, 4) is 5.75 Å². The number of anilines is 1. The number of hydrogen-bond acceptors (Lipinski definition) is 5. The van der Waals surface area contributed by atoms with E-state index in [2.05, 4.69) is 46.0 Å². The molecule has 2 saturated carbocycles. The molecule has 0 saturated heterocycles. The Morgan fingerprint density at radius 3 is 2.55 bits per heavy atom. The Labute approximate surface area is 193 Å². The molecule has 6 nitrogen and oxygen atoms in total. The molecular weight excluding hydrogens is 433 g/mol. The standard InChI is InChI=1S/C24H33F3N4O2/c1-5-14(3)31-19(15-9-21(23(28)29-13-15)33-24(25,26)27)12-20(31)22-17-10-16(11-18(17)22)30(6-2)7-8-32-4/h9,12-14,16-18,22,28H,5-8,10-11H2,1-4H3/p+1. The number of likely N-dealkylation sites (N-methyl/N-ethyl adjacent to an activating group) is 1. The summed E-state index contributed by atoms with van der Waals surface area (Å²) in [5.41, 5.74) is 8.40. The fourth-order valence-corrected chi connectivity index (χ4v) is 5.66. The van der Waals surface area contributed by atoms with Crippen molar-refractivity contribution >= 4 is 17.2 Å². The van der Waals surface area contributed by atoms with Gasteiger partial charge in [-0.1, -0.05) is 13.8 Å². The van der Waals surface area contributed by atoms with Crippen molar-refractivity contribution in [1.29, 1.82) is 0 Å². The Morgan fingerprint density at radius 2 is 1.97 bits per heavy atom. The van der Waals surface area contributed by atoms with E-state index in [-0.39, 0.29) is 11.9 Å². The van der Waals surface area contributed by atoms with Gasteiger partial charge in [0.05, 0.1) is 24.2 Å². The zero-order chi connectivity index (χ0) is 23.9. The van der Waals surface area contributed by atoms with Crippen molar-refractivity contribution in [3.05, 3.63) is 23.9 Å². The molecule has 3 aliphatic rings. The lowest BCUT2D eigenvalue weighted by atomic mass is 9.94. The highest BCUT2D eigenvalue weighted by atomic mass is 19.4. The van der Waals surface area contributed by atoms with Crippen molar-refractivity contribution in [2.75, 3.05) is 32.5 Å². The van der Waals surface area contributed by atoms with E-state index in [9.17, 15) is 13.2 Å². The number of rotatable bonds is 10. The van der Waals surface area contributed by atoms with Crippen LogP contribution < -0.4 is 10.5 Å². The lowest BCUT2D eigenvalue weighted by Crippen LogP contribution is -2.39. The Balaban J connectivity index is 1.49. The summed E-state index contributed by atoms with van der Waals surface area (Å²) in [4.78, 5) is 6.47. The SMILES string of the molecule is CCC(C)[N+]1=C(C2C3CC(N(CC)CCOC)CC32)C=C1c1cnc(N)c(OC(F)(F)F)c1. The van der Waals surface area contributed by atoms with Crippen molar-refractivity contribution in [1.82, 2.24) is 9.88 Å². The summed E-state index contributed by atoms with van der Waals surface area (Å²) >= 11 is 0. The van der Waals surface area contributed by atoms with Crippen molar-refractivity contribution < 1.29 is 27.2 Å². The van der Waals surface area contributed by atoms with Crippen LogP contribution in [0.15, 0.2) is 18.3 Å². The van der Waals surface area contributed by atoms with Crippen LogP contribution in [0.25, 0.3) is 5.70 Å². The topological polar surface area (TPSA) is 63.6 Å². The van der Waals surface area contributed by atoms with Crippen molar-refractivity contribution in [3.63, 3.8) is 0 Å². The highest BCUT2D eigenvalue weighted by molar-refractivity contribution is 6.06. The maximum Gasteiger partial charge on any atom is 0.573 e. The summed E-state index contributed by atoms with van der Waals surface area (Å²) in [5, 5.41) is 0. The summed E-state index contributed by atoms with van der Waals surface area (Å²) in [5.74, 6) is 1.17. The van der Waals surface area contributed by atoms with Gasteiger partial charge < -0.3 is 15.2 Å². The fraction of sp³-hybridized carbons (Fsp3) is 0.667. The number of pyridine rings is 1. The highest BCUT2D eigenvalue weighted by Gasteiger charge is 2.63. The third kappa shape index (κ3) is 4.75. The van der Waals surface area contributed by atoms with E-state index in [0.717, 1.165) is 31.8 Å². The second kappa shape index (κ2) is 9.25. The molecule has 1 aromatic rings. The van der Waals surface area contributed by atoms with Crippen LogP contribution in [0.3, 0.4) is 0 Å². The second-order valence-corrected chi connectivity index (χ2v) is 9.34. The van der Waals surface area contributed by atoms with Crippen LogP contribution in [0.5, 0.6) is 5.75 Å². The molecule has 4 rings (SSSR count). The van der Waals surface area contributed by atoms with Gasteiger partial charge in [-0.25, -0.2) is 4.98 Å². The second-order valence-electron chi connectivity index (χ2n) is 9.34. The predicted molar refractivity (Wildman–Crippen MR) is 121 cm³/mol. The Hall–Kier alpha value is -2.13. The molecule has 0 amide bonds. The molecule has 182 valence electrons. The molecule has 2 heterocycles. The lowest BCUT2D eigenvalue weighted by molar-refractivity contribution is -0.483. The van der Waals surface area contributed by atoms with Crippen LogP contribution in [0.4, 0.5) is 19.0 Å². The molecule has 2 N–H and O–H groups in total. The van der Waals surface area contributed by atoms with Gasteiger partial charge in [0, 0.05) is 32.3 Å². The first-order valence-corrected chi connectivity index (χ1v) is 11.8. The number of halogens is 3. The number of nitrogens with two attached hydrogens (primary N) is 1. The summed E-state index contributed by atoms with van der Waals surface area (Å²) < 4.78 is 49.9. The van der Waals surface area contributed by atoms with Crippen LogP contribution in [0.1, 0.15) is 45.6 Å². The van der Waals surface area contributed by atoms with E-state index in [1.54, 1.807) is 7.11 Å². The van der Waals surface area contributed by atoms with Gasteiger partial charge in [-0.3, -0.25) is 4.90 Å². The average Bonchev–Trinajstić information content (AvgIpc) is 3.19. The maximum absolute atomic E-state index is 12.8. The zero-order valence-corrected chi connectivity index (χ0v) is 19.7. The van der Waals surface area contributed by atoms with E-state index in [4.69, 9.17) is 10.5 Å². The Kier molecular flexibility index (Phi) is 6.73. The summed E-state index contributed by atoms with van der Waals surface area (Å²) in [6.07, 6.45) is 2.16. The van der Waals surface area contributed by atoms with Gasteiger partial charge >= 0.3 is 6.36 Å². The molecule has 0 spiro atoms. The maximum atomic E-state index is 12.8. The number of aromatic nitrogens is 1. The van der Waals surface area contributed by atoms with E-state index < -0.39 is 12.1 Å². The quantitative estimate of drug-likeness (QED) is 0.524. The zero-order valence-electron chi connectivity index (χ0n) is 19.7. The predicted octanol–water partition coefficient (Wildman–Crippen LogP) is 4.16. The summed E-state index contributed by atoms with van der Waals surface area (Å²) in [6.45, 7) is 9.22. The largest absolute Gasteiger partial charge is 0.573 e. The molecular formula is C24H34F3N4O2+. The van der Waals surface area contributed by atoms with Gasteiger partial charge in [-0.2, -0.15) is 4.58 Å².